The maximum Gasteiger partial charge on any atom is 0.326 e. The van der Waals surface area contributed by atoms with Crippen LogP contribution in [0.25, 0.3) is 0 Å². The van der Waals surface area contributed by atoms with Gasteiger partial charge in [0.05, 0.1) is 0 Å². The molecule has 0 spiro atoms. The molecule has 0 aromatic heterocycles. The number of benzene rings is 1. The summed E-state index contributed by atoms with van der Waals surface area (Å²) >= 11 is 0. The maximum atomic E-state index is 12.1. The first kappa shape index (κ1) is 19.0. The lowest BCUT2D eigenvalue weighted by Gasteiger charge is -2.17. The third-order valence-electron chi connectivity index (χ3n) is 3.33. The van der Waals surface area contributed by atoms with E-state index in [0.717, 1.165) is 5.69 Å². The summed E-state index contributed by atoms with van der Waals surface area (Å²) in [5, 5.41) is 23.5. The molecule has 0 saturated heterocycles. The van der Waals surface area contributed by atoms with Crippen molar-refractivity contribution in [1.82, 2.24) is 5.32 Å². The fourth-order valence-electron chi connectivity index (χ4n) is 1.91. The third kappa shape index (κ3) is 5.32. The molecule has 0 aliphatic heterocycles. The average molecular weight is 330 g/mol. The zero-order valence-corrected chi connectivity index (χ0v) is 14.2. The van der Waals surface area contributed by atoms with Crippen molar-refractivity contribution in [2.45, 2.75) is 19.9 Å². The first-order valence-electron chi connectivity index (χ1n) is 7.44. The van der Waals surface area contributed by atoms with Gasteiger partial charge in [0.1, 0.15) is 17.7 Å². The first-order chi connectivity index (χ1) is 11.3. The van der Waals surface area contributed by atoms with Crippen LogP contribution in [-0.4, -0.2) is 37.1 Å². The SMILES string of the molecule is CC(C)C(NC(=O)/C(C#N)=C\Nc1cccc(N(C)C)c1)C(=O)O. The van der Waals surface area contributed by atoms with E-state index in [2.05, 4.69) is 10.6 Å². The van der Waals surface area contributed by atoms with Gasteiger partial charge in [0.25, 0.3) is 5.91 Å². The van der Waals surface area contributed by atoms with E-state index in [1.807, 2.05) is 37.2 Å². The van der Waals surface area contributed by atoms with Gasteiger partial charge in [0, 0.05) is 31.7 Å². The number of amides is 1. The van der Waals surface area contributed by atoms with E-state index in [-0.39, 0.29) is 11.5 Å². The zero-order chi connectivity index (χ0) is 18.3. The van der Waals surface area contributed by atoms with Crippen LogP contribution in [0.5, 0.6) is 0 Å². The molecular weight excluding hydrogens is 308 g/mol. The number of anilines is 2. The van der Waals surface area contributed by atoms with Crippen LogP contribution in [0.1, 0.15) is 13.8 Å². The molecule has 0 aliphatic rings. The molecule has 1 unspecified atom stereocenters. The van der Waals surface area contributed by atoms with Gasteiger partial charge in [0.2, 0.25) is 0 Å². The Morgan fingerprint density at radius 3 is 2.50 bits per heavy atom. The third-order valence-corrected chi connectivity index (χ3v) is 3.33. The molecular formula is C17H22N4O3. The summed E-state index contributed by atoms with van der Waals surface area (Å²) < 4.78 is 0. The Balaban J connectivity index is 2.87. The average Bonchev–Trinajstić information content (AvgIpc) is 2.52. The molecule has 1 rings (SSSR count). The van der Waals surface area contributed by atoms with Gasteiger partial charge in [0.15, 0.2) is 0 Å². The minimum atomic E-state index is -1.14. The lowest BCUT2D eigenvalue weighted by Crippen LogP contribution is -2.44. The van der Waals surface area contributed by atoms with Crippen molar-refractivity contribution in [2.24, 2.45) is 5.92 Å². The molecule has 1 aromatic rings. The molecule has 0 bridgehead atoms. The topological polar surface area (TPSA) is 105 Å². The number of rotatable bonds is 7. The van der Waals surface area contributed by atoms with Crippen LogP contribution in [0, 0.1) is 17.2 Å². The summed E-state index contributed by atoms with van der Waals surface area (Å²) in [6, 6.07) is 8.15. The lowest BCUT2D eigenvalue weighted by atomic mass is 10.0. The predicted molar refractivity (Wildman–Crippen MR) is 92.5 cm³/mol. The summed E-state index contributed by atoms with van der Waals surface area (Å²) in [4.78, 5) is 25.1. The van der Waals surface area contributed by atoms with Gasteiger partial charge in [-0.3, -0.25) is 4.79 Å². The van der Waals surface area contributed by atoms with Crippen LogP contribution in [0.4, 0.5) is 11.4 Å². The molecule has 0 aliphatic carbocycles. The number of hydrogen-bond acceptors (Lipinski definition) is 5. The summed E-state index contributed by atoms with van der Waals surface area (Å²) in [7, 11) is 3.81. The van der Waals surface area contributed by atoms with Gasteiger partial charge in [-0.1, -0.05) is 19.9 Å². The van der Waals surface area contributed by atoms with Crippen LogP contribution in [-0.2, 0) is 9.59 Å². The van der Waals surface area contributed by atoms with Crippen molar-refractivity contribution in [3.63, 3.8) is 0 Å². The summed E-state index contributed by atoms with van der Waals surface area (Å²) in [5.74, 6) is -2.16. The van der Waals surface area contributed by atoms with Gasteiger partial charge >= 0.3 is 5.97 Å². The molecule has 1 atom stereocenters. The van der Waals surface area contributed by atoms with E-state index in [1.165, 1.54) is 6.20 Å². The van der Waals surface area contributed by atoms with Crippen molar-refractivity contribution >= 4 is 23.3 Å². The number of nitrogens with one attached hydrogen (secondary N) is 2. The number of hydrogen-bond donors (Lipinski definition) is 3. The van der Waals surface area contributed by atoms with E-state index in [4.69, 9.17) is 10.4 Å². The molecule has 24 heavy (non-hydrogen) atoms. The Kier molecular flexibility index (Phi) is 6.80. The van der Waals surface area contributed by atoms with E-state index in [9.17, 15) is 9.59 Å². The summed E-state index contributed by atoms with van der Waals surface area (Å²) in [6.07, 6.45) is 1.27. The van der Waals surface area contributed by atoms with Crippen LogP contribution in [0.15, 0.2) is 36.0 Å². The van der Waals surface area contributed by atoms with Crippen LogP contribution < -0.4 is 15.5 Å². The molecule has 3 N–H and O–H groups in total. The number of aliphatic carboxylic acids is 1. The second kappa shape index (κ2) is 8.58. The Morgan fingerprint density at radius 1 is 1.33 bits per heavy atom. The Morgan fingerprint density at radius 2 is 2.00 bits per heavy atom. The van der Waals surface area contributed by atoms with Crippen molar-refractivity contribution in [3.05, 3.63) is 36.0 Å². The number of nitriles is 1. The predicted octanol–water partition coefficient (Wildman–Crippen LogP) is 1.80. The van der Waals surface area contributed by atoms with Gasteiger partial charge in [-0.05, 0) is 24.1 Å². The van der Waals surface area contributed by atoms with Crippen LogP contribution in [0.2, 0.25) is 0 Å². The van der Waals surface area contributed by atoms with Gasteiger partial charge in [-0.2, -0.15) is 5.26 Å². The monoisotopic (exact) mass is 330 g/mol. The van der Waals surface area contributed by atoms with Crippen molar-refractivity contribution < 1.29 is 14.7 Å². The largest absolute Gasteiger partial charge is 0.480 e. The van der Waals surface area contributed by atoms with Gasteiger partial charge in [-0.15, -0.1) is 0 Å². The quantitative estimate of drug-likeness (QED) is 0.520. The second-order valence-corrected chi connectivity index (χ2v) is 5.79. The Hall–Kier alpha value is -3.01. The van der Waals surface area contributed by atoms with E-state index >= 15 is 0 Å². The fourth-order valence-corrected chi connectivity index (χ4v) is 1.91. The van der Waals surface area contributed by atoms with E-state index < -0.39 is 17.9 Å². The zero-order valence-electron chi connectivity index (χ0n) is 14.2. The lowest BCUT2D eigenvalue weighted by molar-refractivity contribution is -0.142. The smallest absolute Gasteiger partial charge is 0.326 e. The number of nitrogens with zero attached hydrogens (tertiary/aromatic N) is 2. The van der Waals surface area contributed by atoms with Crippen molar-refractivity contribution in [1.29, 1.82) is 5.26 Å². The Labute approximate surface area is 141 Å². The number of carbonyl (C=O) groups excluding carboxylic acids is 1. The first-order valence-corrected chi connectivity index (χ1v) is 7.44. The van der Waals surface area contributed by atoms with Gasteiger partial charge in [-0.25, -0.2) is 4.79 Å². The molecule has 0 fully saturated rings. The summed E-state index contributed by atoms with van der Waals surface area (Å²) in [6.45, 7) is 3.36. The Bertz CT molecular complexity index is 675. The van der Waals surface area contributed by atoms with E-state index in [1.54, 1.807) is 26.0 Å². The molecule has 1 amide bonds. The van der Waals surface area contributed by atoms with E-state index in [0.29, 0.717) is 5.69 Å². The molecule has 0 heterocycles. The van der Waals surface area contributed by atoms with Crippen LogP contribution in [0.3, 0.4) is 0 Å². The molecule has 0 saturated carbocycles. The highest BCUT2D eigenvalue weighted by Crippen LogP contribution is 2.17. The van der Waals surface area contributed by atoms with Gasteiger partial charge < -0.3 is 20.6 Å². The minimum absolute atomic E-state index is 0.197. The van der Waals surface area contributed by atoms with Crippen molar-refractivity contribution in [2.75, 3.05) is 24.3 Å². The molecule has 1 aromatic carbocycles. The molecule has 128 valence electrons. The fraction of sp³-hybridized carbons (Fsp3) is 0.353. The molecule has 0 radical (unpaired) electrons. The highest BCUT2D eigenvalue weighted by atomic mass is 16.4. The molecule has 7 heteroatoms. The maximum absolute atomic E-state index is 12.1. The summed E-state index contributed by atoms with van der Waals surface area (Å²) in [5.41, 5.74) is 1.47. The minimum Gasteiger partial charge on any atom is -0.480 e. The second-order valence-electron chi connectivity index (χ2n) is 5.79. The van der Waals surface area contributed by atoms with Crippen molar-refractivity contribution in [3.8, 4) is 6.07 Å². The number of carboxylic acids is 1. The highest BCUT2D eigenvalue weighted by Gasteiger charge is 2.24. The normalized spacial score (nSPS) is 12.2. The number of carboxylic acid groups (broad SMARTS) is 1. The number of carbonyl (C=O) groups is 2. The standard InChI is InChI=1S/C17H22N4O3/c1-11(2)15(17(23)24)20-16(22)12(9-18)10-19-13-6-5-7-14(8-13)21(3)4/h5-8,10-11,15,19H,1-4H3,(H,20,22)(H,23,24)/b12-10-. The molecule has 7 nitrogen and oxygen atoms in total. The highest BCUT2D eigenvalue weighted by molar-refractivity contribution is 5.99. The van der Waals surface area contributed by atoms with Crippen LogP contribution >= 0.6 is 0 Å².